The van der Waals surface area contributed by atoms with E-state index in [1.54, 1.807) is 0 Å². The van der Waals surface area contributed by atoms with Gasteiger partial charge in [-0.25, -0.2) is 0 Å². The molecule has 0 fully saturated rings. The highest BCUT2D eigenvalue weighted by molar-refractivity contribution is 5.63. The van der Waals surface area contributed by atoms with Gasteiger partial charge in [-0.3, -0.25) is 0 Å². The molecule has 2 aromatic carbocycles. The Bertz CT molecular complexity index is 541. The third kappa shape index (κ3) is 7.90. The summed E-state index contributed by atoms with van der Waals surface area (Å²) in [6.45, 7) is 15.7. The van der Waals surface area contributed by atoms with E-state index in [2.05, 4.69) is 89.2 Å². The van der Waals surface area contributed by atoms with Gasteiger partial charge in [0.05, 0.1) is 0 Å². The summed E-state index contributed by atoms with van der Waals surface area (Å²) in [6, 6.07) is 19.8. The first kappa shape index (κ1) is 25.7. The molecular weight excluding hydrogens is 300 g/mol. The topological polar surface area (TPSA) is 0 Å². The van der Waals surface area contributed by atoms with E-state index in [4.69, 9.17) is 0 Å². The normalized spacial score (nSPS) is 11.5. The van der Waals surface area contributed by atoms with E-state index in [0.29, 0.717) is 11.3 Å². The van der Waals surface area contributed by atoms with E-state index in [-0.39, 0.29) is 14.9 Å². The van der Waals surface area contributed by atoms with E-state index < -0.39 is 0 Å². The van der Waals surface area contributed by atoms with E-state index in [1.165, 1.54) is 23.1 Å². The van der Waals surface area contributed by atoms with Crippen molar-refractivity contribution in [2.75, 3.05) is 0 Å². The van der Waals surface area contributed by atoms with Gasteiger partial charge in [0.15, 0.2) is 0 Å². The second kappa shape index (κ2) is 11.9. The summed E-state index contributed by atoms with van der Waals surface area (Å²) in [5.41, 5.74) is 4.37. The Morgan fingerprint density at radius 3 is 1.56 bits per heavy atom. The van der Waals surface area contributed by atoms with Crippen LogP contribution in [0.2, 0.25) is 0 Å². The van der Waals surface area contributed by atoms with Crippen LogP contribution in [0, 0.1) is 11.3 Å². The molecule has 1 atom stereocenters. The number of rotatable bonds is 4. The second-order valence-electron chi connectivity index (χ2n) is 7.54. The van der Waals surface area contributed by atoms with Crippen LogP contribution < -0.4 is 0 Å². The molecule has 0 heterocycles. The molecule has 0 saturated carbocycles. The summed E-state index contributed by atoms with van der Waals surface area (Å²) < 4.78 is 0. The van der Waals surface area contributed by atoms with Crippen molar-refractivity contribution in [3.05, 3.63) is 60.2 Å². The molecule has 0 N–H and O–H groups in total. The van der Waals surface area contributed by atoms with Crippen molar-refractivity contribution in [3.8, 4) is 11.1 Å². The van der Waals surface area contributed by atoms with Gasteiger partial charge in [-0.2, -0.15) is 0 Å². The Balaban J connectivity index is 0. The van der Waals surface area contributed by atoms with Gasteiger partial charge in [-0.05, 0) is 40.4 Å². The molecule has 0 aliphatic rings. The Morgan fingerprint density at radius 2 is 1.16 bits per heavy atom. The second-order valence-corrected chi connectivity index (χ2v) is 7.54. The Hall–Kier alpha value is -1.56. The maximum atomic E-state index is 2.35. The fourth-order valence-electron chi connectivity index (χ4n) is 3.00. The fourth-order valence-corrected chi connectivity index (χ4v) is 3.00. The standard InChI is InChI=1S/C21H28.C2H6.2CH4/c1-16(2)15-20(21(3,4)5)19-13-11-18(12-14-19)17-9-7-6-8-10-17;1-2;;/h6-14,16,20H,15H2,1-5H3;1-2H3;2*1H4. The van der Waals surface area contributed by atoms with Gasteiger partial charge in [-0.15, -0.1) is 0 Å². The molecule has 0 heteroatoms. The summed E-state index contributed by atoms with van der Waals surface area (Å²) in [5, 5.41) is 0. The minimum Gasteiger partial charge on any atom is -0.0776 e. The molecule has 0 bridgehead atoms. The lowest BCUT2D eigenvalue weighted by Crippen LogP contribution is -2.20. The van der Waals surface area contributed by atoms with Gasteiger partial charge in [0, 0.05) is 0 Å². The predicted molar refractivity (Wildman–Crippen MR) is 118 cm³/mol. The predicted octanol–water partition coefficient (Wildman–Crippen LogP) is 8.83. The third-order valence-electron chi connectivity index (χ3n) is 4.17. The zero-order valence-electron chi connectivity index (χ0n) is 16.1. The average molecular weight is 343 g/mol. The van der Waals surface area contributed by atoms with Crippen molar-refractivity contribution in [1.82, 2.24) is 0 Å². The van der Waals surface area contributed by atoms with E-state index in [1.807, 2.05) is 13.8 Å². The molecule has 2 aromatic rings. The Labute approximate surface area is 158 Å². The smallest absolute Gasteiger partial charge is 0.0111 e. The lowest BCUT2D eigenvalue weighted by molar-refractivity contribution is 0.280. The molecule has 0 aliphatic heterocycles. The minimum atomic E-state index is 0. The quantitative estimate of drug-likeness (QED) is 0.520. The summed E-state index contributed by atoms with van der Waals surface area (Å²) >= 11 is 0. The third-order valence-corrected chi connectivity index (χ3v) is 4.17. The Morgan fingerprint density at radius 1 is 0.720 bits per heavy atom. The number of benzene rings is 2. The lowest BCUT2D eigenvalue weighted by Gasteiger charge is -2.32. The van der Waals surface area contributed by atoms with Gasteiger partial charge in [0.1, 0.15) is 0 Å². The van der Waals surface area contributed by atoms with Crippen LogP contribution in [-0.4, -0.2) is 0 Å². The SMILES string of the molecule is C.C.CC.CC(C)CC(c1ccc(-c2ccccc2)cc1)C(C)(C)C. The van der Waals surface area contributed by atoms with Crippen molar-refractivity contribution >= 4 is 0 Å². The molecule has 0 aromatic heterocycles. The molecule has 0 nitrogen and oxygen atoms in total. The molecule has 25 heavy (non-hydrogen) atoms. The summed E-state index contributed by atoms with van der Waals surface area (Å²) in [5.74, 6) is 1.34. The molecule has 0 radical (unpaired) electrons. The van der Waals surface area contributed by atoms with Crippen LogP contribution in [0.15, 0.2) is 54.6 Å². The van der Waals surface area contributed by atoms with E-state index >= 15 is 0 Å². The van der Waals surface area contributed by atoms with Crippen molar-refractivity contribution in [2.24, 2.45) is 11.3 Å². The average Bonchev–Trinajstić information content (AvgIpc) is 2.54. The first-order chi connectivity index (χ1) is 10.9. The zero-order chi connectivity index (χ0) is 17.5. The molecule has 1 unspecified atom stereocenters. The van der Waals surface area contributed by atoms with Crippen molar-refractivity contribution in [1.29, 1.82) is 0 Å². The van der Waals surface area contributed by atoms with Gasteiger partial charge < -0.3 is 0 Å². The van der Waals surface area contributed by atoms with Gasteiger partial charge in [0.25, 0.3) is 0 Å². The first-order valence-corrected chi connectivity index (χ1v) is 9.03. The molecular formula is C25H42. The molecule has 0 aliphatic carbocycles. The van der Waals surface area contributed by atoms with Crippen LogP contribution in [0.1, 0.15) is 81.2 Å². The van der Waals surface area contributed by atoms with Crippen LogP contribution in [-0.2, 0) is 0 Å². The number of hydrogen-bond donors (Lipinski definition) is 0. The highest BCUT2D eigenvalue weighted by atomic mass is 14.3. The van der Waals surface area contributed by atoms with Crippen LogP contribution >= 0.6 is 0 Å². The van der Waals surface area contributed by atoms with Gasteiger partial charge in [-0.1, -0.05) is 118 Å². The maximum Gasteiger partial charge on any atom is -0.0111 e. The van der Waals surface area contributed by atoms with Crippen LogP contribution in [0.4, 0.5) is 0 Å². The van der Waals surface area contributed by atoms with Gasteiger partial charge in [0.2, 0.25) is 0 Å². The lowest BCUT2D eigenvalue weighted by atomic mass is 9.72. The maximum absolute atomic E-state index is 2.35. The summed E-state index contributed by atoms with van der Waals surface area (Å²) in [6.07, 6.45) is 1.24. The highest BCUT2D eigenvalue weighted by Gasteiger charge is 2.26. The van der Waals surface area contributed by atoms with E-state index in [0.717, 1.165) is 5.92 Å². The van der Waals surface area contributed by atoms with Crippen LogP contribution in [0.5, 0.6) is 0 Å². The molecule has 0 saturated heterocycles. The molecule has 142 valence electrons. The Kier molecular flexibility index (Phi) is 12.2. The van der Waals surface area contributed by atoms with Crippen LogP contribution in [0.25, 0.3) is 11.1 Å². The zero-order valence-corrected chi connectivity index (χ0v) is 16.1. The van der Waals surface area contributed by atoms with Crippen molar-refractivity contribution in [2.45, 2.75) is 75.7 Å². The monoisotopic (exact) mass is 342 g/mol. The molecule has 0 amide bonds. The molecule has 2 rings (SSSR count). The summed E-state index contributed by atoms with van der Waals surface area (Å²) in [4.78, 5) is 0. The van der Waals surface area contributed by atoms with Gasteiger partial charge >= 0.3 is 0 Å². The fraction of sp³-hybridized carbons (Fsp3) is 0.520. The van der Waals surface area contributed by atoms with Crippen molar-refractivity contribution in [3.63, 3.8) is 0 Å². The van der Waals surface area contributed by atoms with Crippen LogP contribution in [0.3, 0.4) is 0 Å². The largest absolute Gasteiger partial charge is 0.0776 e. The minimum absolute atomic E-state index is 0. The highest BCUT2D eigenvalue weighted by Crippen LogP contribution is 2.40. The summed E-state index contributed by atoms with van der Waals surface area (Å²) in [7, 11) is 0. The first-order valence-electron chi connectivity index (χ1n) is 9.03. The van der Waals surface area contributed by atoms with E-state index in [9.17, 15) is 0 Å². The number of hydrogen-bond acceptors (Lipinski definition) is 0. The van der Waals surface area contributed by atoms with Crippen molar-refractivity contribution < 1.29 is 0 Å². The molecule has 0 spiro atoms.